The Hall–Kier alpha value is -2.81. The van der Waals surface area contributed by atoms with E-state index in [2.05, 4.69) is 77.6 Å². The van der Waals surface area contributed by atoms with E-state index in [9.17, 15) is 0 Å². The highest BCUT2D eigenvalue weighted by molar-refractivity contribution is 6.15. The Balaban J connectivity index is 1.89. The molecular weight excluding hydrogens is 342 g/mol. The van der Waals surface area contributed by atoms with E-state index in [0.717, 1.165) is 24.4 Å². The molecule has 0 aliphatic rings. The van der Waals surface area contributed by atoms with Gasteiger partial charge in [0.1, 0.15) is 11.3 Å². The highest BCUT2D eigenvalue weighted by atomic mass is 15.1. The molecule has 0 aliphatic carbocycles. The van der Waals surface area contributed by atoms with E-state index >= 15 is 0 Å². The number of nitrogens with zero attached hydrogens (tertiary/aromatic N) is 3. The largest absolute Gasteiger partial charge is 0.325 e. The standard InChI is InChI=1S/C25H27N3/c1-3-5-15-27-22-13-9-7-11-18(22)20-17-21-19-12-8-10-14-23(19)28(16-6-4-2)25(21)26-24(20)27/h7-14,17H,3-6,15-16H2,1-2H3. The second kappa shape index (κ2) is 6.97. The molecule has 2 aromatic carbocycles. The van der Waals surface area contributed by atoms with Gasteiger partial charge in [-0.05, 0) is 31.0 Å². The third-order valence-corrected chi connectivity index (χ3v) is 5.93. The topological polar surface area (TPSA) is 22.8 Å². The summed E-state index contributed by atoms with van der Waals surface area (Å²) in [5.41, 5.74) is 4.86. The van der Waals surface area contributed by atoms with E-state index in [1.807, 2.05) is 0 Å². The molecule has 5 rings (SSSR count). The van der Waals surface area contributed by atoms with Gasteiger partial charge in [-0.3, -0.25) is 0 Å². The first-order chi connectivity index (χ1) is 13.8. The van der Waals surface area contributed by atoms with Crippen LogP contribution in [0.15, 0.2) is 54.6 Å². The third kappa shape index (κ3) is 2.53. The molecule has 0 amide bonds. The smallest absolute Gasteiger partial charge is 0.143 e. The number of benzene rings is 2. The molecule has 0 aliphatic heterocycles. The van der Waals surface area contributed by atoms with Gasteiger partial charge in [-0.2, -0.15) is 0 Å². The molecule has 3 heterocycles. The van der Waals surface area contributed by atoms with Crippen LogP contribution in [0, 0.1) is 0 Å². The maximum absolute atomic E-state index is 5.28. The molecule has 0 bridgehead atoms. The fraction of sp³-hybridized carbons (Fsp3) is 0.320. The zero-order valence-corrected chi connectivity index (χ0v) is 16.8. The van der Waals surface area contributed by atoms with Gasteiger partial charge in [0.2, 0.25) is 0 Å². The molecular formula is C25H27N3. The lowest BCUT2D eigenvalue weighted by Gasteiger charge is -2.08. The molecule has 0 N–H and O–H groups in total. The van der Waals surface area contributed by atoms with Gasteiger partial charge in [0.05, 0.1) is 11.0 Å². The predicted octanol–water partition coefficient (Wildman–Crippen LogP) is 6.90. The van der Waals surface area contributed by atoms with E-state index in [-0.39, 0.29) is 0 Å². The van der Waals surface area contributed by atoms with E-state index in [1.165, 1.54) is 58.3 Å². The summed E-state index contributed by atoms with van der Waals surface area (Å²) in [6, 6.07) is 19.9. The number of rotatable bonds is 6. The minimum absolute atomic E-state index is 1.02. The van der Waals surface area contributed by atoms with Crippen molar-refractivity contribution in [3.05, 3.63) is 54.6 Å². The molecule has 0 saturated heterocycles. The van der Waals surface area contributed by atoms with Crippen molar-refractivity contribution in [2.24, 2.45) is 0 Å². The Kier molecular flexibility index (Phi) is 4.31. The summed E-state index contributed by atoms with van der Waals surface area (Å²) in [5.74, 6) is 0. The summed E-state index contributed by atoms with van der Waals surface area (Å²) in [4.78, 5) is 5.28. The quantitative estimate of drug-likeness (QED) is 0.319. The summed E-state index contributed by atoms with van der Waals surface area (Å²) < 4.78 is 4.85. The molecule has 0 saturated carbocycles. The lowest BCUT2D eigenvalue weighted by Crippen LogP contribution is -2.01. The molecule has 0 unspecified atom stereocenters. The van der Waals surface area contributed by atoms with Crippen LogP contribution in [0.2, 0.25) is 0 Å². The van der Waals surface area contributed by atoms with Crippen molar-refractivity contribution < 1.29 is 0 Å². The number of fused-ring (bicyclic) bond motifs is 6. The van der Waals surface area contributed by atoms with Crippen molar-refractivity contribution in [1.82, 2.24) is 14.1 Å². The van der Waals surface area contributed by atoms with Gasteiger partial charge in [0.25, 0.3) is 0 Å². The maximum Gasteiger partial charge on any atom is 0.143 e. The molecule has 0 fully saturated rings. The van der Waals surface area contributed by atoms with Crippen molar-refractivity contribution >= 4 is 43.9 Å². The second-order valence-electron chi connectivity index (χ2n) is 7.78. The van der Waals surface area contributed by atoms with E-state index in [1.54, 1.807) is 0 Å². The zero-order valence-electron chi connectivity index (χ0n) is 16.8. The van der Waals surface area contributed by atoms with Gasteiger partial charge >= 0.3 is 0 Å². The van der Waals surface area contributed by atoms with Crippen LogP contribution in [0.4, 0.5) is 0 Å². The fourth-order valence-corrected chi connectivity index (χ4v) is 4.49. The van der Waals surface area contributed by atoms with Crippen LogP contribution in [0.25, 0.3) is 43.9 Å². The van der Waals surface area contributed by atoms with Gasteiger partial charge in [-0.15, -0.1) is 0 Å². The summed E-state index contributed by atoms with van der Waals surface area (Å²) in [6.07, 6.45) is 4.72. The van der Waals surface area contributed by atoms with E-state index < -0.39 is 0 Å². The Morgan fingerprint density at radius 3 is 1.57 bits per heavy atom. The molecule has 142 valence electrons. The average Bonchev–Trinajstić information content (AvgIpc) is 3.21. The lowest BCUT2D eigenvalue weighted by molar-refractivity contribution is 0.654. The van der Waals surface area contributed by atoms with Crippen LogP contribution in [0.5, 0.6) is 0 Å². The fourth-order valence-electron chi connectivity index (χ4n) is 4.49. The highest BCUT2D eigenvalue weighted by Gasteiger charge is 2.17. The summed E-state index contributed by atoms with van der Waals surface area (Å²) in [5, 5.41) is 5.18. The van der Waals surface area contributed by atoms with E-state index in [4.69, 9.17) is 4.98 Å². The van der Waals surface area contributed by atoms with Crippen molar-refractivity contribution in [3.63, 3.8) is 0 Å². The van der Waals surface area contributed by atoms with Gasteiger partial charge in [-0.25, -0.2) is 4.98 Å². The molecule has 3 nitrogen and oxygen atoms in total. The predicted molar refractivity (Wildman–Crippen MR) is 120 cm³/mol. The first-order valence-corrected chi connectivity index (χ1v) is 10.6. The number of para-hydroxylation sites is 2. The summed E-state index contributed by atoms with van der Waals surface area (Å²) >= 11 is 0. The number of unbranched alkanes of at least 4 members (excludes halogenated alkanes) is 2. The second-order valence-corrected chi connectivity index (χ2v) is 7.78. The van der Waals surface area contributed by atoms with Crippen molar-refractivity contribution in [3.8, 4) is 0 Å². The molecule has 3 heteroatoms. The molecule has 0 radical (unpaired) electrons. The Morgan fingerprint density at radius 2 is 1.11 bits per heavy atom. The minimum Gasteiger partial charge on any atom is -0.325 e. The van der Waals surface area contributed by atoms with Gasteiger partial charge < -0.3 is 9.13 Å². The van der Waals surface area contributed by atoms with Gasteiger partial charge in [0, 0.05) is 34.6 Å². The number of aromatic nitrogens is 3. The van der Waals surface area contributed by atoms with Crippen LogP contribution in [0.3, 0.4) is 0 Å². The highest BCUT2D eigenvalue weighted by Crippen LogP contribution is 2.35. The number of hydrogen-bond donors (Lipinski definition) is 0. The van der Waals surface area contributed by atoms with Crippen LogP contribution in [0.1, 0.15) is 39.5 Å². The minimum atomic E-state index is 1.02. The number of hydrogen-bond acceptors (Lipinski definition) is 1. The third-order valence-electron chi connectivity index (χ3n) is 5.93. The molecule has 3 aromatic heterocycles. The maximum atomic E-state index is 5.28. The molecule has 0 spiro atoms. The normalized spacial score (nSPS) is 12.1. The monoisotopic (exact) mass is 369 g/mol. The van der Waals surface area contributed by atoms with Crippen LogP contribution < -0.4 is 0 Å². The van der Waals surface area contributed by atoms with Crippen LogP contribution >= 0.6 is 0 Å². The zero-order chi connectivity index (χ0) is 19.1. The Labute approximate surface area is 165 Å². The molecule has 0 atom stereocenters. The van der Waals surface area contributed by atoms with Crippen LogP contribution in [-0.4, -0.2) is 14.1 Å². The number of aryl methyl sites for hydroxylation is 2. The van der Waals surface area contributed by atoms with E-state index in [0.29, 0.717) is 0 Å². The lowest BCUT2D eigenvalue weighted by atomic mass is 10.1. The van der Waals surface area contributed by atoms with Crippen molar-refractivity contribution in [2.75, 3.05) is 0 Å². The number of pyridine rings is 1. The first kappa shape index (κ1) is 17.3. The van der Waals surface area contributed by atoms with Gasteiger partial charge in [0.15, 0.2) is 0 Å². The van der Waals surface area contributed by atoms with Crippen molar-refractivity contribution in [1.29, 1.82) is 0 Å². The van der Waals surface area contributed by atoms with Crippen LogP contribution in [-0.2, 0) is 13.1 Å². The molecule has 28 heavy (non-hydrogen) atoms. The Morgan fingerprint density at radius 1 is 0.643 bits per heavy atom. The first-order valence-electron chi connectivity index (χ1n) is 10.6. The average molecular weight is 370 g/mol. The molecule has 5 aromatic rings. The van der Waals surface area contributed by atoms with Gasteiger partial charge in [-0.1, -0.05) is 63.1 Å². The Bertz CT molecular complexity index is 1190. The summed E-state index contributed by atoms with van der Waals surface area (Å²) in [6.45, 7) is 6.55. The van der Waals surface area contributed by atoms with Crippen molar-refractivity contribution in [2.45, 2.75) is 52.6 Å². The SMILES string of the molecule is CCCCn1c2ccccc2c2cc3c4ccccc4n(CCCC)c3nc21. The summed E-state index contributed by atoms with van der Waals surface area (Å²) in [7, 11) is 0.